The van der Waals surface area contributed by atoms with Gasteiger partial charge in [-0.15, -0.1) is 0 Å². The first kappa shape index (κ1) is 18.7. The number of H-pyrrole nitrogens is 1. The molecule has 0 saturated carbocycles. The normalized spacial score (nSPS) is 19.9. The van der Waals surface area contributed by atoms with E-state index in [-0.39, 0.29) is 30.9 Å². The summed E-state index contributed by atoms with van der Waals surface area (Å²) >= 11 is 3.60. The summed E-state index contributed by atoms with van der Waals surface area (Å²) in [5.74, 6) is 0.987. The van der Waals surface area contributed by atoms with Gasteiger partial charge in [0, 0.05) is 65.3 Å². The molecule has 31 heavy (non-hydrogen) atoms. The van der Waals surface area contributed by atoms with E-state index in [1.165, 1.54) is 11.3 Å². The van der Waals surface area contributed by atoms with E-state index < -0.39 is 0 Å². The second-order valence-corrected chi connectivity index (χ2v) is 9.05. The maximum absolute atomic E-state index is 13.3. The van der Waals surface area contributed by atoms with Crippen LogP contribution in [0.1, 0.15) is 17.7 Å². The van der Waals surface area contributed by atoms with Crippen LogP contribution in [0.25, 0.3) is 10.9 Å². The lowest BCUT2D eigenvalue weighted by molar-refractivity contribution is -0.136. The average Bonchev–Trinajstić information content (AvgIpc) is 3.49. The third-order valence-electron chi connectivity index (χ3n) is 6.41. The first-order chi connectivity index (χ1) is 15.1. The van der Waals surface area contributed by atoms with Crippen molar-refractivity contribution in [3.05, 3.63) is 52.1 Å². The fourth-order valence-corrected chi connectivity index (χ4v) is 5.29. The number of nitrogens with one attached hydrogen (secondary N) is 1. The maximum Gasteiger partial charge on any atom is 0.231 e. The summed E-state index contributed by atoms with van der Waals surface area (Å²) in [4.78, 5) is 33.1. The molecule has 0 spiro atoms. The third-order valence-corrected chi connectivity index (χ3v) is 7.07. The van der Waals surface area contributed by atoms with E-state index >= 15 is 0 Å². The van der Waals surface area contributed by atoms with E-state index in [9.17, 15) is 9.59 Å². The van der Waals surface area contributed by atoms with Crippen molar-refractivity contribution in [3.8, 4) is 11.5 Å². The topological polar surface area (TPSA) is 74.9 Å². The lowest BCUT2D eigenvalue weighted by Gasteiger charge is -2.29. The SMILES string of the molecule is O=C(C1CC(=O)N(c2ccc3c(c2)OCO3)C1)N1CCc2[nH]c3c(Br)cccc3c2C1. The van der Waals surface area contributed by atoms with Crippen molar-refractivity contribution in [2.24, 2.45) is 5.92 Å². The molecule has 1 aromatic heterocycles. The number of rotatable bonds is 2. The summed E-state index contributed by atoms with van der Waals surface area (Å²) < 4.78 is 11.8. The van der Waals surface area contributed by atoms with Gasteiger partial charge in [-0.05, 0) is 34.1 Å². The van der Waals surface area contributed by atoms with Crippen molar-refractivity contribution < 1.29 is 19.1 Å². The Bertz CT molecular complexity index is 1240. The van der Waals surface area contributed by atoms with E-state index in [0.717, 1.165) is 27.5 Å². The number of hydrogen-bond donors (Lipinski definition) is 1. The fourth-order valence-electron chi connectivity index (χ4n) is 4.82. The van der Waals surface area contributed by atoms with E-state index in [4.69, 9.17) is 9.47 Å². The zero-order valence-corrected chi connectivity index (χ0v) is 18.3. The van der Waals surface area contributed by atoms with Crippen molar-refractivity contribution in [2.75, 3.05) is 24.8 Å². The Kier molecular flexibility index (Phi) is 4.24. The number of anilines is 1. The van der Waals surface area contributed by atoms with Crippen LogP contribution in [0, 0.1) is 5.92 Å². The quantitative estimate of drug-likeness (QED) is 0.606. The number of aromatic amines is 1. The summed E-state index contributed by atoms with van der Waals surface area (Å²) in [5, 5.41) is 1.14. The minimum absolute atomic E-state index is 0.0362. The van der Waals surface area contributed by atoms with Crippen LogP contribution in [0.4, 0.5) is 5.69 Å². The predicted octanol–water partition coefficient (Wildman–Crippen LogP) is 3.60. The largest absolute Gasteiger partial charge is 0.454 e. The Morgan fingerprint density at radius 3 is 2.94 bits per heavy atom. The Balaban J connectivity index is 1.22. The first-order valence-electron chi connectivity index (χ1n) is 10.4. The lowest BCUT2D eigenvalue weighted by atomic mass is 10.0. The Hall–Kier alpha value is -3.00. The number of carbonyl (C=O) groups is 2. The van der Waals surface area contributed by atoms with Crippen LogP contribution < -0.4 is 14.4 Å². The second-order valence-electron chi connectivity index (χ2n) is 8.20. The molecule has 158 valence electrons. The zero-order chi connectivity index (χ0) is 21.1. The van der Waals surface area contributed by atoms with Gasteiger partial charge in [-0.2, -0.15) is 0 Å². The number of amides is 2. The van der Waals surface area contributed by atoms with E-state index in [2.05, 4.69) is 27.0 Å². The number of aromatic nitrogens is 1. The van der Waals surface area contributed by atoms with Crippen molar-refractivity contribution >= 4 is 44.3 Å². The molecule has 0 bridgehead atoms. The van der Waals surface area contributed by atoms with Gasteiger partial charge >= 0.3 is 0 Å². The minimum Gasteiger partial charge on any atom is -0.454 e. The van der Waals surface area contributed by atoms with Crippen LogP contribution in [0.15, 0.2) is 40.9 Å². The monoisotopic (exact) mass is 481 g/mol. The van der Waals surface area contributed by atoms with Crippen LogP contribution in [-0.4, -0.2) is 41.6 Å². The summed E-state index contributed by atoms with van der Waals surface area (Å²) in [6.45, 7) is 1.81. The van der Waals surface area contributed by atoms with E-state index in [1.807, 2.05) is 29.2 Å². The smallest absolute Gasteiger partial charge is 0.231 e. The summed E-state index contributed by atoms with van der Waals surface area (Å²) in [6, 6.07) is 11.6. The molecule has 3 aliphatic rings. The van der Waals surface area contributed by atoms with Gasteiger partial charge in [0.15, 0.2) is 11.5 Å². The number of para-hydroxylation sites is 1. The molecule has 1 N–H and O–H groups in total. The fraction of sp³-hybridized carbons (Fsp3) is 0.304. The molecule has 0 radical (unpaired) electrons. The highest BCUT2D eigenvalue weighted by Gasteiger charge is 2.38. The number of benzene rings is 2. The van der Waals surface area contributed by atoms with Crippen molar-refractivity contribution in [2.45, 2.75) is 19.4 Å². The van der Waals surface area contributed by atoms with Crippen molar-refractivity contribution in [3.63, 3.8) is 0 Å². The summed E-state index contributed by atoms with van der Waals surface area (Å²) in [6.07, 6.45) is 1.02. The molecule has 7 nitrogen and oxygen atoms in total. The van der Waals surface area contributed by atoms with Gasteiger partial charge in [-0.3, -0.25) is 9.59 Å². The van der Waals surface area contributed by atoms with Gasteiger partial charge in [0.05, 0.1) is 11.4 Å². The first-order valence-corrected chi connectivity index (χ1v) is 11.1. The highest BCUT2D eigenvalue weighted by atomic mass is 79.9. The zero-order valence-electron chi connectivity index (χ0n) is 16.7. The van der Waals surface area contributed by atoms with Crippen LogP contribution in [0.3, 0.4) is 0 Å². The van der Waals surface area contributed by atoms with Gasteiger partial charge in [0.2, 0.25) is 18.6 Å². The minimum atomic E-state index is -0.337. The Labute approximate surface area is 187 Å². The van der Waals surface area contributed by atoms with Gasteiger partial charge < -0.3 is 24.3 Å². The molecular weight excluding hydrogens is 462 g/mol. The maximum atomic E-state index is 13.3. The molecule has 1 unspecified atom stereocenters. The molecule has 1 fully saturated rings. The van der Waals surface area contributed by atoms with E-state index in [0.29, 0.717) is 31.1 Å². The Morgan fingerprint density at radius 2 is 2.03 bits per heavy atom. The van der Waals surface area contributed by atoms with Crippen LogP contribution in [-0.2, 0) is 22.6 Å². The molecule has 8 heteroatoms. The molecule has 3 aromatic rings. The standard InChI is InChI=1S/C23H20BrN3O4/c24-17-3-1-2-15-16-11-26(7-6-18(16)25-22(15)17)23(29)13-8-21(28)27(10-13)14-4-5-19-20(9-14)31-12-30-19/h1-5,9,13,25H,6-8,10-12H2. The lowest BCUT2D eigenvalue weighted by Crippen LogP contribution is -2.40. The summed E-state index contributed by atoms with van der Waals surface area (Å²) in [5.41, 5.74) is 4.18. The number of halogens is 1. The molecule has 3 aliphatic heterocycles. The molecule has 2 amide bonds. The van der Waals surface area contributed by atoms with Gasteiger partial charge in [0.25, 0.3) is 0 Å². The number of fused-ring (bicyclic) bond motifs is 4. The molecule has 1 atom stereocenters. The van der Waals surface area contributed by atoms with Crippen LogP contribution in [0.5, 0.6) is 11.5 Å². The van der Waals surface area contributed by atoms with Crippen molar-refractivity contribution in [1.29, 1.82) is 0 Å². The van der Waals surface area contributed by atoms with Gasteiger partial charge in [-0.25, -0.2) is 0 Å². The molecule has 4 heterocycles. The molecule has 0 aliphatic carbocycles. The number of ether oxygens (including phenoxy) is 2. The highest BCUT2D eigenvalue weighted by Crippen LogP contribution is 2.38. The average molecular weight is 482 g/mol. The van der Waals surface area contributed by atoms with Crippen molar-refractivity contribution in [1.82, 2.24) is 9.88 Å². The van der Waals surface area contributed by atoms with Crippen LogP contribution in [0.2, 0.25) is 0 Å². The number of hydrogen-bond acceptors (Lipinski definition) is 4. The third kappa shape index (κ3) is 3.00. The summed E-state index contributed by atoms with van der Waals surface area (Å²) in [7, 11) is 0. The van der Waals surface area contributed by atoms with Crippen LogP contribution >= 0.6 is 15.9 Å². The molecule has 2 aromatic carbocycles. The molecular formula is C23H20BrN3O4. The second kappa shape index (κ2) is 7.02. The van der Waals surface area contributed by atoms with Gasteiger partial charge in [-0.1, -0.05) is 12.1 Å². The number of carbonyl (C=O) groups excluding carboxylic acids is 2. The van der Waals surface area contributed by atoms with Gasteiger partial charge in [0.1, 0.15) is 0 Å². The predicted molar refractivity (Wildman–Crippen MR) is 118 cm³/mol. The number of nitrogens with zero attached hydrogens (tertiary/aromatic N) is 2. The molecule has 1 saturated heterocycles. The van der Waals surface area contributed by atoms with E-state index in [1.54, 1.807) is 11.0 Å². The highest BCUT2D eigenvalue weighted by molar-refractivity contribution is 9.10. The molecule has 6 rings (SSSR count). The Morgan fingerprint density at radius 1 is 1.16 bits per heavy atom.